The predicted octanol–water partition coefficient (Wildman–Crippen LogP) is 2.71. The van der Waals surface area contributed by atoms with Crippen LogP contribution in [-0.2, 0) is 11.3 Å². The van der Waals surface area contributed by atoms with Gasteiger partial charge in [-0.1, -0.05) is 29.0 Å². The van der Waals surface area contributed by atoms with E-state index in [0.717, 1.165) is 29.4 Å². The van der Waals surface area contributed by atoms with E-state index in [-0.39, 0.29) is 11.4 Å². The molecule has 1 aliphatic rings. The normalized spacial score (nSPS) is 17.6. The Hall–Kier alpha value is -1.83. The number of amides is 1. The van der Waals surface area contributed by atoms with Crippen LogP contribution >= 0.6 is 11.3 Å². The van der Waals surface area contributed by atoms with E-state index in [9.17, 15) is 4.79 Å². The first kappa shape index (κ1) is 17.0. The summed E-state index contributed by atoms with van der Waals surface area (Å²) in [4.78, 5) is 14.6. The van der Waals surface area contributed by atoms with Crippen LogP contribution in [0.4, 0.5) is 5.69 Å². The van der Waals surface area contributed by atoms with Crippen molar-refractivity contribution in [3.63, 3.8) is 0 Å². The average Bonchev–Trinajstić information content (AvgIpc) is 3.00. The van der Waals surface area contributed by atoms with Gasteiger partial charge in [0.1, 0.15) is 5.01 Å². The molecule has 1 aromatic carbocycles. The first-order valence-electron chi connectivity index (χ1n) is 7.97. The van der Waals surface area contributed by atoms with Crippen molar-refractivity contribution >= 4 is 22.9 Å². The predicted molar refractivity (Wildman–Crippen MR) is 94.3 cm³/mol. The molecule has 7 heteroatoms. The third-order valence-corrected chi connectivity index (χ3v) is 5.02. The fourth-order valence-electron chi connectivity index (χ4n) is 2.58. The summed E-state index contributed by atoms with van der Waals surface area (Å²) in [7, 11) is 0. The van der Waals surface area contributed by atoms with Crippen LogP contribution in [0.15, 0.2) is 24.3 Å². The van der Waals surface area contributed by atoms with Gasteiger partial charge in [-0.2, -0.15) is 0 Å². The molecule has 0 aliphatic carbocycles. The second-order valence-electron chi connectivity index (χ2n) is 6.61. The summed E-state index contributed by atoms with van der Waals surface area (Å²) in [6, 6.07) is 7.68. The summed E-state index contributed by atoms with van der Waals surface area (Å²) in [5.41, 5.74) is 1.88. The Morgan fingerprint density at radius 1 is 1.33 bits per heavy atom. The molecule has 0 radical (unpaired) electrons. The number of hydrogen-bond acceptors (Lipinski definition) is 6. The fraction of sp³-hybridized carbons (Fsp3) is 0.471. The lowest BCUT2D eigenvalue weighted by Gasteiger charge is -2.41. The van der Waals surface area contributed by atoms with Crippen molar-refractivity contribution in [1.82, 2.24) is 15.1 Å². The largest absolute Gasteiger partial charge is 0.378 e. The minimum absolute atomic E-state index is 0.0335. The molecule has 1 N–H and O–H groups in total. The Morgan fingerprint density at radius 2 is 2.08 bits per heavy atom. The number of nitrogens with zero attached hydrogens (tertiary/aromatic N) is 3. The van der Waals surface area contributed by atoms with Crippen LogP contribution in [-0.4, -0.2) is 46.3 Å². The Labute approximate surface area is 145 Å². The van der Waals surface area contributed by atoms with Gasteiger partial charge < -0.3 is 10.1 Å². The zero-order chi connectivity index (χ0) is 17.2. The molecule has 1 aliphatic heterocycles. The van der Waals surface area contributed by atoms with Gasteiger partial charge in [0.15, 0.2) is 0 Å². The van der Waals surface area contributed by atoms with Crippen molar-refractivity contribution < 1.29 is 9.53 Å². The van der Waals surface area contributed by atoms with Gasteiger partial charge in [-0.15, -0.1) is 10.2 Å². The van der Waals surface area contributed by atoms with E-state index in [4.69, 9.17) is 4.74 Å². The van der Waals surface area contributed by atoms with Crippen LogP contribution in [0.1, 0.15) is 34.2 Å². The monoisotopic (exact) mass is 346 g/mol. The zero-order valence-electron chi connectivity index (χ0n) is 14.2. The second kappa shape index (κ2) is 6.96. The Morgan fingerprint density at radius 3 is 2.79 bits per heavy atom. The highest BCUT2D eigenvalue weighted by molar-refractivity contribution is 7.13. The second-order valence-corrected chi connectivity index (χ2v) is 7.67. The molecule has 0 bridgehead atoms. The number of aromatic nitrogens is 2. The minimum Gasteiger partial charge on any atom is -0.378 e. The molecule has 1 aromatic heterocycles. The van der Waals surface area contributed by atoms with Gasteiger partial charge >= 0.3 is 0 Å². The highest BCUT2D eigenvalue weighted by Crippen LogP contribution is 2.23. The minimum atomic E-state index is -0.219. The Kier molecular flexibility index (Phi) is 4.93. The standard InChI is InChI=1S/C17H22N4O2S/c1-12-4-6-13(7-5-12)18-15(22)16-20-19-14(24-16)10-21-8-9-23-11-17(21,2)3/h4-7H,8-11H2,1-3H3,(H,18,22). The van der Waals surface area contributed by atoms with Crippen molar-refractivity contribution in [2.24, 2.45) is 0 Å². The molecule has 1 saturated heterocycles. The topological polar surface area (TPSA) is 67.4 Å². The molecule has 2 heterocycles. The summed E-state index contributed by atoms with van der Waals surface area (Å²) in [6.07, 6.45) is 0. The van der Waals surface area contributed by atoms with Gasteiger partial charge in [-0.25, -0.2) is 0 Å². The Bertz CT molecular complexity index is 712. The van der Waals surface area contributed by atoms with Crippen LogP contribution in [0.25, 0.3) is 0 Å². The van der Waals surface area contributed by atoms with Crippen LogP contribution in [0.2, 0.25) is 0 Å². The van der Waals surface area contributed by atoms with E-state index >= 15 is 0 Å². The number of rotatable bonds is 4. The maximum absolute atomic E-state index is 12.3. The number of anilines is 1. The van der Waals surface area contributed by atoms with Crippen LogP contribution in [0, 0.1) is 6.92 Å². The summed E-state index contributed by atoms with van der Waals surface area (Å²) in [5.74, 6) is -0.219. The first-order valence-corrected chi connectivity index (χ1v) is 8.79. The van der Waals surface area contributed by atoms with Crippen molar-refractivity contribution in [3.8, 4) is 0 Å². The fourth-order valence-corrected chi connectivity index (χ4v) is 3.33. The molecular weight excluding hydrogens is 324 g/mol. The molecule has 3 rings (SSSR count). The van der Waals surface area contributed by atoms with E-state index in [1.54, 1.807) is 0 Å². The number of morpholine rings is 1. The van der Waals surface area contributed by atoms with E-state index < -0.39 is 0 Å². The van der Waals surface area contributed by atoms with Crippen LogP contribution in [0.5, 0.6) is 0 Å². The molecule has 24 heavy (non-hydrogen) atoms. The van der Waals surface area contributed by atoms with Crippen molar-refractivity contribution in [3.05, 3.63) is 39.8 Å². The van der Waals surface area contributed by atoms with Gasteiger partial charge in [0.05, 0.1) is 19.8 Å². The number of benzene rings is 1. The SMILES string of the molecule is Cc1ccc(NC(=O)c2nnc(CN3CCOCC3(C)C)s2)cc1. The quantitative estimate of drug-likeness (QED) is 0.922. The molecule has 0 unspecified atom stereocenters. The van der Waals surface area contributed by atoms with Crippen LogP contribution in [0.3, 0.4) is 0 Å². The number of ether oxygens (including phenoxy) is 1. The molecule has 0 atom stereocenters. The Balaban J connectivity index is 1.64. The number of aryl methyl sites for hydroxylation is 1. The van der Waals surface area contributed by atoms with E-state index in [0.29, 0.717) is 18.2 Å². The highest BCUT2D eigenvalue weighted by Gasteiger charge is 2.31. The van der Waals surface area contributed by atoms with Gasteiger partial charge in [-0.05, 0) is 32.9 Å². The molecule has 128 valence electrons. The third kappa shape index (κ3) is 3.98. The lowest BCUT2D eigenvalue weighted by Crippen LogP contribution is -2.52. The molecule has 2 aromatic rings. The van der Waals surface area contributed by atoms with Gasteiger partial charge in [-0.3, -0.25) is 9.69 Å². The highest BCUT2D eigenvalue weighted by atomic mass is 32.1. The first-order chi connectivity index (χ1) is 11.4. The van der Waals surface area contributed by atoms with Gasteiger partial charge in [0.25, 0.3) is 5.91 Å². The van der Waals surface area contributed by atoms with Crippen molar-refractivity contribution in [2.45, 2.75) is 32.9 Å². The molecule has 6 nitrogen and oxygen atoms in total. The summed E-state index contributed by atoms with van der Waals surface area (Å²) in [6.45, 7) is 9.28. The molecule has 0 saturated carbocycles. The van der Waals surface area contributed by atoms with E-state index in [2.05, 4.69) is 34.3 Å². The third-order valence-electron chi connectivity index (χ3n) is 4.11. The number of hydrogen-bond donors (Lipinski definition) is 1. The summed E-state index contributed by atoms with van der Waals surface area (Å²) < 4.78 is 5.53. The zero-order valence-corrected chi connectivity index (χ0v) is 15.0. The van der Waals surface area contributed by atoms with E-state index in [1.165, 1.54) is 11.3 Å². The van der Waals surface area contributed by atoms with Gasteiger partial charge in [0, 0.05) is 17.8 Å². The van der Waals surface area contributed by atoms with Crippen molar-refractivity contribution in [2.75, 3.05) is 25.1 Å². The number of carbonyl (C=O) groups excluding carboxylic acids is 1. The van der Waals surface area contributed by atoms with E-state index in [1.807, 2.05) is 31.2 Å². The number of carbonyl (C=O) groups is 1. The number of nitrogens with one attached hydrogen (secondary N) is 1. The maximum Gasteiger partial charge on any atom is 0.286 e. The van der Waals surface area contributed by atoms with Gasteiger partial charge in [0.2, 0.25) is 5.01 Å². The average molecular weight is 346 g/mol. The molecule has 1 fully saturated rings. The summed E-state index contributed by atoms with van der Waals surface area (Å²) in [5, 5.41) is 12.3. The lowest BCUT2D eigenvalue weighted by atomic mass is 10.0. The van der Waals surface area contributed by atoms with Crippen molar-refractivity contribution in [1.29, 1.82) is 0 Å². The summed E-state index contributed by atoms with van der Waals surface area (Å²) >= 11 is 1.34. The molecular formula is C17H22N4O2S. The smallest absolute Gasteiger partial charge is 0.286 e. The molecule has 1 amide bonds. The maximum atomic E-state index is 12.3. The lowest BCUT2D eigenvalue weighted by molar-refractivity contribution is -0.0553. The van der Waals surface area contributed by atoms with Crippen LogP contribution < -0.4 is 5.32 Å². The molecule has 0 spiro atoms.